The van der Waals surface area contributed by atoms with E-state index >= 15 is 0 Å². The first-order valence-electron chi connectivity index (χ1n) is 11.7. The first kappa shape index (κ1) is 30.3. The molecule has 1 aromatic carbocycles. The minimum atomic E-state index is -4.96. The number of halogens is 4. The number of benzene rings is 1. The Morgan fingerprint density at radius 3 is 2.36 bits per heavy atom. The lowest BCUT2D eigenvalue weighted by atomic mass is 9.85. The highest BCUT2D eigenvalue weighted by Crippen LogP contribution is 2.45. The summed E-state index contributed by atoms with van der Waals surface area (Å²) >= 11 is 6.13. The number of hydrogen-bond acceptors (Lipinski definition) is 6. The van der Waals surface area contributed by atoms with Crippen LogP contribution in [0, 0.1) is 5.41 Å². The van der Waals surface area contributed by atoms with Crippen molar-refractivity contribution in [1.82, 2.24) is 9.78 Å². The van der Waals surface area contributed by atoms with E-state index in [0.29, 0.717) is 20.4 Å². The molecule has 2 aromatic rings. The molecule has 0 spiro atoms. The van der Waals surface area contributed by atoms with Gasteiger partial charge in [0.25, 0.3) is 10.0 Å². The quantitative estimate of drug-likeness (QED) is 0.464. The molecule has 3 N–H and O–H groups in total. The van der Waals surface area contributed by atoms with Crippen molar-refractivity contribution in [1.29, 1.82) is 0 Å². The SMILES string of the molecule is CCn1cc(S(=O)(=O)N2C[C@H](CC(C)(C)C(N)=O)Oc3ccc(N(C(=O)O)C(C)(C)C(F)(F)F)cc32)c(Cl)n1. The number of primary amides is 1. The van der Waals surface area contributed by atoms with Crippen LogP contribution in [0.3, 0.4) is 0 Å². The molecule has 0 radical (unpaired) electrons. The molecule has 0 bridgehead atoms. The van der Waals surface area contributed by atoms with E-state index in [0.717, 1.165) is 16.4 Å². The van der Waals surface area contributed by atoms with Crippen LogP contribution in [0.15, 0.2) is 29.3 Å². The molecule has 1 atom stereocenters. The Bertz CT molecular complexity index is 1390. The second-order valence-electron chi connectivity index (χ2n) is 10.2. The summed E-state index contributed by atoms with van der Waals surface area (Å²) in [6.45, 7) is 6.12. The Kier molecular flexibility index (Phi) is 7.84. The van der Waals surface area contributed by atoms with Gasteiger partial charge in [-0.05, 0) is 45.4 Å². The highest BCUT2D eigenvalue weighted by atomic mass is 35.5. The number of alkyl halides is 3. The molecule has 0 saturated carbocycles. The van der Waals surface area contributed by atoms with Crippen LogP contribution in [-0.4, -0.2) is 59.7 Å². The maximum Gasteiger partial charge on any atom is 0.412 e. The number of aryl methyl sites for hydroxylation is 1. The molecule has 11 nitrogen and oxygen atoms in total. The molecule has 16 heteroatoms. The summed E-state index contributed by atoms with van der Waals surface area (Å²) in [7, 11) is -4.50. The summed E-state index contributed by atoms with van der Waals surface area (Å²) in [5.74, 6) is -0.714. The van der Waals surface area contributed by atoms with Crippen molar-refractivity contribution < 1.29 is 41.0 Å². The number of nitrogens with two attached hydrogens (primary N) is 1. The lowest BCUT2D eigenvalue weighted by Gasteiger charge is -2.40. The minimum Gasteiger partial charge on any atom is -0.486 e. The highest BCUT2D eigenvalue weighted by molar-refractivity contribution is 7.93. The number of fused-ring (bicyclic) bond motifs is 1. The highest BCUT2D eigenvalue weighted by Gasteiger charge is 2.54. The van der Waals surface area contributed by atoms with Gasteiger partial charge in [0.05, 0.1) is 17.9 Å². The molecule has 3 rings (SSSR count). The molecule has 1 aromatic heterocycles. The van der Waals surface area contributed by atoms with Gasteiger partial charge in [0.15, 0.2) is 5.15 Å². The van der Waals surface area contributed by atoms with Crippen LogP contribution in [0.4, 0.5) is 29.3 Å². The smallest absolute Gasteiger partial charge is 0.412 e. The van der Waals surface area contributed by atoms with E-state index in [4.69, 9.17) is 22.1 Å². The van der Waals surface area contributed by atoms with Gasteiger partial charge in [0.2, 0.25) is 5.91 Å². The van der Waals surface area contributed by atoms with Crippen molar-refractivity contribution in [3.05, 3.63) is 29.5 Å². The zero-order valence-corrected chi connectivity index (χ0v) is 23.4. The zero-order valence-electron chi connectivity index (χ0n) is 21.8. The molecule has 1 aliphatic heterocycles. The summed E-state index contributed by atoms with van der Waals surface area (Å²) in [6.07, 6.45) is -6.56. The first-order valence-corrected chi connectivity index (χ1v) is 13.5. The van der Waals surface area contributed by atoms with Crippen LogP contribution >= 0.6 is 11.6 Å². The Balaban J connectivity index is 2.22. The monoisotopic (exact) mass is 595 g/mol. The van der Waals surface area contributed by atoms with E-state index in [1.807, 2.05) is 0 Å². The summed E-state index contributed by atoms with van der Waals surface area (Å²) in [4.78, 5) is 23.7. The predicted molar refractivity (Wildman–Crippen MR) is 137 cm³/mol. The third kappa shape index (κ3) is 5.60. The van der Waals surface area contributed by atoms with Crippen LogP contribution in [0.25, 0.3) is 0 Å². The maximum atomic E-state index is 13.8. The molecule has 2 amide bonds. The van der Waals surface area contributed by atoms with E-state index in [2.05, 4.69) is 5.10 Å². The molecular formula is C23H29ClF3N5O6S. The predicted octanol–water partition coefficient (Wildman–Crippen LogP) is 4.24. The van der Waals surface area contributed by atoms with E-state index in [9.17, 15) is 36.3 Å². The molecule has 0 fully saturated rings. The van der Waals surface area contributed by atoms with Crippen molar-refractivity contribution in [2.45, 2.75) is 70.3 Å². The van der Waals surface area contributed by atoms with Crippen LogP contribution in [0.5, 0.6) is 5.75 Å². The van der Waals surface area contributed by atoms with Gasteiger partial charge in [-0.3, -0.25) is 18.7 Å². The number of carbonyl (C=O) groups is 2. The van der Waals surface area contributed by atoms with Crippen LogP contribution < -0.4 is 19.7 Å². The summed E-state index contributed by atoms with van der Waals surface area (Å²) in [5.41, 5.74) is 0.851. The molecule has 2 heterocycles. The van der Waals surface area contributed by atoms with Gasteiger partial charge in [0, 0.05) is 18.2 Å². The average Bonchev–Trinajstić information content (AvgIpc) is 3.18. The number of anilines is 2. The average molecular weight is 596 g/mol. The van der Waals surface area contributed by atoms with Crippen molar-refractivity contribution >= 4 is 45.0 Å². The number of hydrogen-bond donors (Lipinski definition) is 2. The number of carbonyl (C=O) groups excluding carboxylic acids is 1. The molecule has 0 saturated heterocycles. The number of sulfonamides is 1. The van der Waals surface area contributed by atoms with Gasteiger partial charge >= 0.3 is 12.3 Å². The number of aromatic nitrogens is 2. The Morgan fingerprint density at radius 2 is 1.87 bits per heavy atom. The molecule has 216 valence electrons. The fraction of sp³-hybridized carbons (Fsp3) is 0.522. The van der Waals surface area contributed by atoms with Gasteiger partial charge in [-0.25, -0.2) is 13.2 Å². The number of ether oxygens (including phenoxy) is 1. The second-order valence-corrected chi connectivity index (χ2v) is 12.4. The fourth-order valence-corrected chi connectivity index (χ4v) is 6.02. The minimum absolute atomic E-state index is 0.000144. The van der Waals surface area contributed by atoms with E-state index in [-0.39, 0.29) is 39.4 Å². The van der Waals surface area contributed by atoms with Gasteiger partial charge in [-0.15, -0.1) is 0 Å². The molecular weight excluding hydrogens is 567 g/mol. The van der Waals surface area contributed by atoms with Crippen LogP contribution in [0.2, 0.25) is 5.15 Å². The molecule has 1 aliphatic rings. The maximum absolute atomic E-state index is 13.8. The third-order valence-corrected chi connectivity index (χ3v) is 8.73. The summed E-state index contributed by atoms with van der Waals surface area (Å²) in [5, 5.41) is 13.3. The Morgan fingerprint density at radius 1 is 1.26 bits per heavy atom. The molecule has 0 unspecified atom stereocenters. The standard InChI is InChI=1S/C23H29ClF3N5O6S/c1-6-30-12-17(18(24)29-30)39(36,37)31-11-14(10-21(2,3)19(28)33)38-16-8-7-13(9-15(16)31)32(20(34)35)22(4,5)23(25,26)27/h7-9,12,14H,6,10-11H2,1-5H3,(H2,28,33)(H,34,35)/t14-/m0/s1. The third-order valence-electron chi connectivity index (χ3n) is 6.56. The zero-order chi connectivity index (χ0) is 29.7. The number of amides is 2. The van der Waals surface area contributed by atoms with E-state index in [1.165, 1.54) is 16.9 Å². The van der Waals surface area contributed by atoms with E-state index < -0.39 is 50.9 Å². The first-order chi connectivity index (χ1) is 17.7. The number of nitrogens with zero attached hydrogens (tertiary/aromatic N) is 4. The normalized spacial score (nSPS) is 16.4. The van der Waals surface area contributed by atoms with Gasteiger partial charge in [0.1, 0.15) is 22.3 Å². The Hall–Kier alpha value is -3.20. The van der Waals surface area contributed by atoms with E-state index in [1.54, 1.807) is 20.8 Å². The molecule has 39 heavy (non-hydrogen) atoms. The number of rotatable bonds is 8. The van der Waals surface area contributed by atoms with Crippen molar-refractivity contribution in [2.75, 3.05) is 15.7 Å². The lowest BCUT2D eigenvalue weighted by molar-refractivity contribution is -0.175. The van der Waals surface area contributed by atoms with Gasteiger partial charge in [-0.2, -0.15) is 18.3 Å². The van der Waals surface area contributed by atoms with Crippen molar-refractivity contribution in [3.63, 3.8) is 0 Å². The Labute approximate surface area is 228 Å². The van der Waals surface area contributed by atoms with Gasteiger partial charge < -0.3 is 15.6 Å². The second kappa shape index (κ2) is 10.1. The van der Waals surface area contributed by atoms with Crippen molar-refractivity contribution in [2.24, 2.45) is 11.1 Å². The largest absolute Gasteiger partial charge is 0.486 e. The topological polar surface area (TPSA) is 148 Å². The van der Waals surface area contributed by atoms with Gasteiger partial charge in [-0.1, -0.05) is 25.4 Å². The summed E-state index contributed by atoms with van der Waals surface area (Å²) < 4.78 is 77.2. The lowest BCUT2D eigenvalue weighted by Crippen LogP contribution is -2.57. The van der Waals surface area contributed by atoms with Crippen molar-refractivity contribution in [3.8, 4) is 5.75 Å². The molecule has 0 aliphatic carbocycles. The summed E-state index contributed by atoms with van der Waals surface area (Å²) in [6, 6.07) is 3.24. The fourth-order valence-electron chi connectivity index (χ4n) is 4.08. The van der Waals surface area contributed by atoms with Crippen LogP contribution in [-0.2, 0) is 21.4 Å². The van der Waals surface area contributed by atoms with Crippen LogP contribution in [0.1, 0.15) is 41.0 Å². The number of carboxylic acid groups (broad SMARTS) is 1.